The van der Waals surface area contributed by atoms with Gasteiger partial charge in [-0.25, -0.2) is 0 Å². The molecule has 556 valence electrons. The third-order valence-corrected chi connectivity index (χ3v) is 20.9. The summed E-state index contributed by atoms with van der Waals surface area (Å²) in [4.78, 5) is 172. The van der Waals surface area contributed by atoms with Crippen LogP contribution in [0, 0.1) is 23.7 Å². The van der Waals surface area contributed by atoms with Crippen LogP contribution in [0.3, 0.4) is 0 Å². The van der Waals surface area contributed by atoms with Gasteiger partial charge in [-0.15, -0.1) is 0 Å². The SMILES string of the molecule is CC[C@H](C)[C@@H]1NC(=O)[C@H](CC(C)C)N(C)C(=O)C[C@@H](CC(C)C)NC(=O)[C@H]([C@@H](C)CC)N(C)C(=O)C2(CCCC2)NC(=O)[C@@H]2CCCN2C(=O)[C@H](CCc2ccc(C(F)(F)F)c(Cl)c2)NC(=O)CN(C)C(=O)[C@H](Cc2ccc(C(F)(F)F)cc2)N(C)C(=O)[C@@H]2CCN2C(=O)[C@H](C)N(C)C1=O. The predicted octanol–water partition coefficient (Wildman–Crippen LogP) is 7.40. The van der Waals surface area contributed by atoms with Crippen molar-refractivity contribution in [2.24, 2.45) is 23.7 Å². The minimum atomic E-state index is -4.80. The lowest BCUT2D eigenvalue weighted by Gasteiger charge is -2.45. The largest absolute Gasteiger partial charge is 0.417 e. The minimum Gasteiger partial charge on any atom is -0.351 e. The van der Waals surface area contributed by atoms with Gasteiger partial charge in [-0.3, -0.25) is 52.7 Å². The Hall–Kier alpha value is -7.52. The summed E-state index contributed by atoms with van der Waals surface area (Å²) in [5, 5.41) is 11.0. The van der Waals surface area contributed by atoms with E-state index in [0.717, 1.165) is 57.2 Å². The number of halogens is 7. The Bertz CT molecular complexity index is 3300. The maximum absolute atomic E-state index is 15.3. The van der Waals surface area contributed by atoms with E-state index in [1.165, 1.54) is 61.8 Å². The van der Waals surface area contributed by atoms with Crippen molar-refractivity contribution in [2.75, 3.05) is 54.9 Å². The average Bonchev–Trinajstić information content (AvgIpc) is 1.03. The molecule has 22 nitrogen and oxygen atoms in total. The quantitative estimate of drug-likeness (QED) is 0.144. The number of nitrogens with zero attached hydrogens (tertiary/aromatic N) is 7. The van der Waals surface area contributed by atoms with E-state index < -0.39 is 178 Å². The van der Waals surface area contributed by atoms with Gasteiger partial charge in [0.1, 0.15) is 53.9 Å². The van der Waals surface area contributed by atoms with Crippen molar-refractivity contribution in [3.63, 3.8) is 0 Å². The number of benzene rings is 2. The average molecular weight is 1440 g/mol. The van der Waals surface area contributed by atoms with E-state index in [1.54, 1.807) is 13.8 Å². The molecule has 4 N–H and O–H groups in total. The molecule has 6 rings (SSSR count). The number of carbonyl (C=O) groups excluding carboxylic acids is 11. The van der Waals surface area contributed by atoms with Crippen LogP contribution >= 0.6 is 11.6 Å². The summed E-state index contributed by atoms with van der Waals surface area (Å²) in [7, 11) is 6.79. The summed E-state index contributed by atoms with van der Waals surface area (Å²) >= 11 is 6.12. The number of likely N-dealkylation sites (N-methyl/N-ethyl adjacent to an activating group) is 5. The molecular formula is C71H102ClF6N11O11. The van der Waals surface area contributed by atoms with Gasteiger partial charge in [-0.1, -0.05) is 111 Å². The molecule has 3 heterocycles. The molecule has 11 amide bonds. The van der Waals surface area contributed by atoms with Gasteiger partial charge in [-0.2, -0.15) is 26.3 Å². The molecule has 0 unspecified atom stereocenters. The van der Waals surface area contributed by atoms with Crippen molar-refractivity contribution in [1.29, 1.82) is 0 Å². The van der Waals surface area contributed by atoms with Crippen LogP contribution in [0.1, 0.15) is 168 Å². The highest BCUT2D eigenvalue weighted by atomic mass is 35.5. The fourth-order valence-corrected chi connectivity index (χ4v) is 14.3. The van der Waals surface area contributed by atoms with E-state index in [4.69, 9.17) is 11.6 Å². The Morgan fingerprint density at radius 3 is 1.74 bits per heavy atom. The molecule has 1 spiro atoms. The van der Waals surface area contributed by atoms with Crippen molar-refractivity contribution in [2.45, 2.75) is 231 Å². The highest BCUT2D eigenvalue weighted by molar-refractivity contribution is 6.31. The molecular weight excluding hydrogens is 1330 g/mol. The second-order valence-electron chi connectivity index (χ2n) is 28.8. The van der Waals surface area contributed by atoms with Crippen molar-refractivity contribution >= 4 is 76.6 Å². The van der Waals surface area contributed by atoms with E-state index in [-0.39, 0.29) is 93.8 Å². The Balaban J connectivity index is 1.44. The zero-order chi connectivity index (χ0) is 74.8. The molecule has 4 aliphatic rings. The van der Waals surface area contributed by atoms with Crippen molar-refractivity contribution in [3.8, 4) is 0 Å². The molecule has 4 fully saturated rings. The number of alkyl halides is 6. The van der Waals surface area contributed by atoms with Crippen LogP contribution in [0.15, 0.2) is 42.5 Å². The number of hydrogen-bond acceptors (Lipinski definition) is 11. The van der Waals surface area contributed by atoms with Gasteiger partial charge in [0.25, 0.3) is 0 Å². The lowest BCUT2D eigenvalue weighted by Crippen LogP contribution is -2.65. The third-order valence-electron chi connectivity index (χ3n) is 20.6. The van der Waals surface area contributed by atoms with Crippen LogP contribution < -0.4 is 21.3 Å². The van der Waals surface area contributed by atoms with Gasteiger partial charge in [0.05, 0.1) is 22.7 Å². The fraction of sp³-hybridized carbons (Fsp3) is 0.676. The number of amides is 11. The molecule has 0 aromatic heterocycles. The van der Waals surface area contributed by atoms with E-state index >= 15 is 9.59 Å². The van der Waals surface area contributed by atoms with Gasteiger partial charge in [0.15, 0.2) is 0 Å². The number of rotatable bonds is 13. The summed E-state index contributed by atoms with van der Waals surface area (Å²) in [6, 6.07) is -4.23. The van der Waals surface area contributed by atoms with E-state index in [9.17, 15) is 69.5 Å². The molecule has 1 aliphatic carbocycles. The zero-order valence-corrected chi connectivity index (χ0v) is 60.8. The second-order valence-corrected chi connectivity index (χ2v) is 29.2. The summed E-state index contributed by atoms with van der Waals surface area (Å²) in [6.07, 6.45) is -7.59. The molecule has 2 aromatic carbocycles. The molecule has 3 aliphatic heterocycles. The predicted molar refractivity (Wildman–Crippen MR) is 362 cm³/mol. The fourth-order valence-electron chi connectivity index (χ4n) is 13.9. The summed E-state index contributed by atoms with van der Waals surface area (Å²) in [6.45, 7) is 15.4. The molecule has 0 bridgehead atoms. The standard InChI is InChI=1S/C71H102ClF6N11O11/c1-15-42(7)58-67(99)84(11)44(9)63(95)89-33-29-53(89)66(98)86(13)55(37-46-21-25-47(26-22-46)70(73,74)75)65(97)83(10)39-56(90)80-51(28-24-45-23-27-49(50(72)36-45)71(76,77)78)64(96)88-32-19-20-52(88)61(93)82-69(30-17-18-31-69)68(100)87(14)59(43(8)16-2)62(94)79-48(34-40(3)4)38-57(91)85(12)54(35-41(5)6)60(92)81-58/h21-23,25-27,36,40-44,48,51-55,58-59H,15-20,24,28-35,37-39H2,1-14H3,(H,79,94)(H,80,90)(H,81,92)(H,82,93)/t42-,43-,44-,48+,51-,52-,53-,54-,55-,58-,59-/m0/s1. The van der Waals surface area contributed by atoms with Crippen LogP contribution in [0.2, 0.25) is 5.02 Å². The monoisotopic (exact) mass is 1430 g/mol. The number of nitrogens with one attached hydrogen (secondary N) is 4. The highest BCUT2D eigenvalue weighted by Crippen LogP contribution is 2.37. The molecule has 11 atom stereocenters. The highest BCUT2D eigenvalue weighted by Gasteiger charge is 2.51. The number of fused-ring (bicyclic) bond motifs is 2. The van der Waals surface area contributed by atoms with Gasteiger partial charge < -0.3 is 55.6 Å². The summed E-state index contributed by atoms with van der Waals surface area (Å²) in [5.41, 5.74) is -3.28. The number of aryl methyl sites for hydroxylation is 1. The molecule has 2 aromatic rings. The van der Waals surface area contributed by atoms with Crippen molar-refractivity contribution in [1.82, 2.24) is 55.6 Å². The first-order valence-corrected chi connectivity index (χ1v) is 35.2. The first-order chi connectivity index (χ1) is 46.7. The Kier molecular flexibility index (Phi) is 28.0. The third kappa shape index (κ3) is 19.8. The number of carbonyl (C=O) groups is 11. The number of hydrogen-bond donors (Lipinski definition) is 4. The van der Waals surface area contributed by atoms with Crippen LogP contribution in [0.25, 0.3) is 0 Å². The minimum absolute atomic E-state index is 0.0191. The van der Waals surface area contributed by atoms with Gasteiger partial charge >= 0.3 is 12.4 Å². The van der Waals surface area contributed by atoms with E-state index in [1.807, 2.05) is 41.5 Å². The molecule has 0 radical (unpaired) electrons. The van der Waals surface area contributed by atoms with Gasteiger partial charge in [0.2, 0.25) is 65.0 Å². The van der Waals surface area contributed by atoms with Crippen LogP contribution in [0.5, 0.6) is 0 Å². The smallest absolute Gasteiger partial charge is 0.351 e. The molecule has 29 heteroatoms. The maximum Gasteiger partial charge on any atom is 0.417 e. The lowest BCUT2D eigenvalue weighted by molar-refractivity contribution is -0.160. The van der Waals surface area contributed by atoms with Crippen molar-refractivity contribution in [3.05, 3.63) is 69.7 Å². The Morgan fingerprint density at radius 1 is 0.590 bits per heavy atom. The van der Waals surface area contributed by atoms with E-state index in [0.29, 0.717) is 32.1 Å². The first kappa shape index (κ1) is 81.4. The maximum atomic E-state index is 15.3. The topological polar surface area (TPSA) is 259 Å². The molecule has 3 saturated heterocycles. The second kappa shape index (κ2) is 34.4. The molecule has 100 heavy (non-hydrogen) atoms. The van der Waals surface area contributed by atoms with Crippen LogP contribution in [-0.4, -0.2) is 214 Å². The van der Waals surface area contributed by atoms with Crippen LogP contribution in [0.4, 0.5) is 26.3 Å². The lowest BCUT2D eigenvalue weighted by atomic mass is 9.90. The van der Waals surface area contributed by atoms with Crippen molar-refractivity contribution < 1.29 is 79.1 Å². The Morgan fingerprint density at radius 2 is 1.19 bits per heavy atom. The first-order valence-electron chi connectivity index (χ1n) is 34.8. The Labute approximate surface area is 588 Å². The van der Waals surface area contributed by atoms with Gasteiger partial charge in [-0.05, 0) is 124 Å². The zero-order valence-electron chi connectivity index (χ0n) is 60.0. The summed E-state index contributed by atoms with van der Waals surface area (Å²) in [5.74, 6) is -8.99. The molecule has 1 saturated carbocycles. The summed E-state index contributed by atoms with van der Waals surface area (Å²) < 4.78 is 83.0. The van der Waals surface area contributed by atoms with Crippen LogP contribution in [-0.2, 0) is 77.9 Å². The normalized spacial score (nSPS) is 26.2. The van der Waals surface area contributed by atoms with Gasteiger partial charge in [0, 0.05) is 67.2 Å². The van der Waals surface area contributed by atoms with E-state index in [2.05, 4.69) is 21.3 Å².